The molecule has 78 valence electrons. The van der Waals surface area contributed by atoms with Crippen molar-refractivity contribution in [1.29, 1.82) is 0 Å². The Morgan fingerprint density at radius 2 is 1.93 bits per heavy atom. The summed E-state index contributed by atoms with van der Waals surface area (Å²) < 4.78 is 0. The number of hydrogen-bond donors (Lipinski definition) is 1. The second-order valence-electron chi connectivity index (χ2n) is 4.47. The van der Waals surface area contributed by atoms with Crippen molar-refractivity contribution in [2.75, 3.05) is 0 Å². The third kappa shape index (κ3) is 2.37. The highest BCUT2D eigenvalue weighted by molar-refractivity contribution is 5.79. The summed E-state index contributed by atoms with van der Waals surface area (Å²) in [7, 11) is 0. The van der Waals surface area contributed by atoms with Gasteiger partial charge in [-0.3, -0.25) is 4.79 Å². The van der Waals surface area contributed by atoms with Gasteiger partial charge in [0.25, 0.3) is 0 Å². The molecule has 0 spiro atoms. The molecule has 1 saturated carbocycles. The fourth-order valence-electron chi connectivity index (χ4n) is 2.42. The highest BCUT2D eigenvalue weighted by Crippen LogP contribution is 2.21. The molecule has 1 N–H and O–H groups in total. The van der Waals surface area contributed by atoms with Crippen molar-refractivity contribution in [2.45, 2.75) is 51.0 Å². The molecule has 0 radical (unpaired) electrons. The van der Waals surface area contributed by atoms with Crippen molar-refractivity contribution < 1.29 is 4.79 Å². The minimum Gasteiger partial charge on any atom is -0.353 e. The summed E-state index contributed by atoms with van der Waals surface area (Å²) in [6.07, 6.45) is 12.3. The Hall–Kier alpha value is -0.790. The Kier molecular flexibility index (Phi) is 3.22. The van der Waals surface area contributed by atoms with Crippen LogP contribution >= 0.6 is 0 Å². The lowest BCUT2D eigenvalue weighted by atomic mass is 9.93. The van der Waals surface area contributed by atoms with E-state index in [1.165, 1.54) is 25.7 Å². The van der Waals surface area contributed by atoms with E-state index in [9.17, 15) is 4.79 Å². The lowest BCUT2D eigenvalue weighted by Crippen LogP contribution is -2.37. The fourth-order valence-corrected chi connectivity index (χ4v) is 2.42. The number of carbonyl (C=O) groups is 1. The van der Waals surface area contributed by atoms with Gasteiger partial charge in [0.1, 0.15) is 0 Å². The molecule has 0 aromatic rings. The zero-order valence-electron chi connectivity index (χ0n) is 8.67. The van der Waals surface area contributed by atoms with Crippen molar-refractivity contribution >= 4 is 5.91 Å². The van der Waals surface area contributed by atoms with Gasteiger partial charge >= 0.3 is 0 Å². The summed E-state index contributed by atoms with van der Waals surface area (Å²) in [6.45, 7) is 0. The average molecular weight is 193 g/mol. The predicted molar refractivity (Wildman–Crippen MR) is 56.9 cm³/mol. The van der Waals surface area contributed by atoms with Gasteiger partial charge in [0.05, 0.1) is 0 Å². The van der Waals surface area contributed by atoms with Crippen LogP contribution in [-0.4, -0.2) is 11.9 Å². The van der Waals surface area contributed by atoms with Crippen molar-refractivity contribution in [3.63, 3.8) is 0 Å². The van der Waals surface area contributed by atoms with E-state index in [1.54, 1.807) is 0 Å². The first-order valence-electron chi connectivity index (χ1n) is 5.81. The van der Waals surface area contributed by atoms with Crippen LogP contribution in [0.3, 0.4) is 0 Å². The zero-order valence-corrected chi connectivity index (χ0v) is 8.67. The van der Waals surface area contributed by atoms with Crippen molar-refractivity contribution in [2.24, 2.45) is 5.92 Å². The number of hydrogen-bond acceptors (Lipinski definition) is 1. The Morgan fingerprint density at radius 1 is 1.14 bits per heavy atom. The average Bonchev–Trinajstić information content (AvgIpc) is 2.72. The monoisotopic (exact) mass is 193 g/mol. The smallest absolute Gasteiger partial charge is 0.223 e. The molecule has 2 rings (SSSR count). The summed E-state index contributed by atoms with van der Waals surface area (Å²) in [6, 6.07) is 0.480. The molecule has 1 fully saturated rings. The normalized spacial score (nSPS) is 27.9. The third-order valence-corrected chi connectivity index (χ3v) is 3.34. The van der Waals surface area contributed by atoms with Gasteiger partial charge in [0.15, 0.2) is 0 Å². The molecule has 2 aliphatic carbocycles. The quantitative estimate of drug-likeness (QED) is 0.670. The maximum Gasteiger partial charge on any atom is 0.223 e. The Labute approximate surface area is 85.8 Å². The molecule has 1 amide bonds. The van der Waals surface area contributed by atoms with Crippen LogP contribution in [0.15, 0.2) is 12.2 Å². The summed E-state index contributed by atoms with van der Waals surface area (Å²) >= 11 is 0. The van der Waals surface area contributed by atoms with Gasteiger partial charge < -0.3 is 5.32 Å². The Bertz CT molecular complexity index is 228. The third-order valence-electron chi connectivity index (χ3n) is 3.34. The van der Waals surface area contributed by atoms with Crippen LogP contribution in [-0.2, 0) is 4.79 Å². The largest absolute Gasteiger partial charge is 0.353 e. The van der Waals surface area contributed by atoms with Crippen LogP contribution in [0.1, 0.15) is 44.9 Å². The molecular weight excluding hydrogens is 174 g/mol. The molecule has 0 heterocycles. The lowest BCUT2D eigenvalue weighted by Gasteiger charge is -2.20. The molecule has 1 atom stereocenters. The van der Waals surface area contributed by atoms with E-state index in [0.717, 1.165) is 19.3 Å². The minimum absolute atomic E-state index is 0.251. The molecule has 0 aromatic heterocycles. The van der Waals surface area contributed by atoms with E-state index in [1.807, 2.05) is 0 Å². The summed E-state index contributed by atoms with van der Waals surface area (Å²) in [5.41, 5.74) is 0. The SMILES string of the molecule is O=C(NC1CCCC1)[C@@H]1CC=CCC1. The predicted octanol–water partition coefficient (Wildman–Crippen LogP) is 2.40. The van der Waals surface area contributed by atoms with E-state index < -0.39 is 0 Å². The Balaban J connectivity index is 1.79. The van der Waals surface area contributed by atoms with Gasteiger partial charge in [-0.25, -0.2) is 0 Å². The summed E-state index contributed by atoms with van der Waals surface area (Å²) in [4.78, 5) is 11.8. The number of carbonyl (C=O) groups excluding carboxylic acids is 1. The molecular formula is C12H19NO. The molecule has 0 aromatic carbocycles. The fraction of sp³-hybridized carbons (Fsp3) is 0.750. The van der Waals surface area contributed by atoms with Gasteiger partial charge in [0.2, 0.25) is 5.91 Å². The summed E-state index contributed by atoms with van der Waals surface area (Å²) in [5, 5.41) is 3.18. The first-order valence-corrected chi connectivity index (χ1v) is 5.81. The second-order valence-corrected chi connectivity index (χ2v) is 4.47. The standard InChI is InChI=1S/C12H19NO/c14-12(10-6-2-1-3-7-10)13-11-8-4-5-9-11/h1-2,10-11H,3-9H2,(H,13,14)/t10-/m1/s1. The van der Waals surface area contributed by atoms with E-state index in [2.05, 4.69) is 17.5 Å². The van der Waals surface area contributed by atoms with E-state index in [4.69, 9.17) is 0 Å². The number of allylic oxidation sites excluding steroid dienone is 2. The maximum atomic E-state index is 11.8. The van der Waals surface area contributed by atoms with Gasteiger partial charge in [-0.2, -0.15) is 0 Å². The van der Waals surface area contributed by atoms with Crippen LogP contribution in [0.2, 0.25) is 0 Å². The van der Waals surface area contributed by atoms with Crippen molar-refractivity contribution in [3.8, 4) is 0 Å². The molecule has 0 aliphatic heterocycles. The number of nitrogens with one attached hydrogen (secondary N) is 1. The van der Waals surface area contributed by atoms with E-state index >= 15 is 0 Å². The van der Waals surface area contributed by atoms with E-state index in [0.29, 0.717) is 11.9 Å². The molecule has 2 aliphatic rings. The number of amides is 1. The lowest BCUT2D eigenvalue weighted by molar-refractivity contribution is -0.125. The maximum absolute atomic E-state index is 11.8. The zero-order chi connectivity index (χ0) is 9.80. The topological polar surface area (TPSA) is 29.1 Å². The first kappa shape index (κ1) is 9.75. The van der Waals surface area contributed by atoms with Gasteiger partial charge in [-0.05, 0) is 32.1 Å². The number of rotatable bonds is 2. The molecule has 2 nitrogen and oxygen atoms in total. The molecule has 14 heavy (non-hydrogen) atoms. The molecule has 2 heteroatoms. The molecule has 0 bridgehead atoms. The minimum atomic E-state index is 0.251. The van der Waals surface area contributed by atoms with Gasteiger partial charge in [-0.15, -0.1) is 0 Å². The van der Waals surface area contributed by atoms with Crippen LogP contribution < -0.4 is 5.32 Å². The van der Waals surface area contributed by atoms with Crippen molar-refractivity contribution in [3.05, 3.63) is 12.2 Å². The van der Waals surface area contributed by atoms with Crippen LogP contribution in [0.25, 0.3) is 0 Å². The summed E-state index contributed by atoms with van der Waals surface area (Å²) in [5.74, 6) is 0.543. The Morgan fingerprint density at radius 3 is 2.57 bits per heavy atom. The van der Waals surface area contributed by atoms with Crippen molar-refractivity contribution in [1.82, 2.24) is 5.32 Å². The molecule has 0 saturated heterocycles. The van der Waals surface area contributed by atoms with Crippen LogP contribution in [0, 0.1) is 5.92 Å². The second kappa shape index (κ2) is 4.63. The van der Waals surface area contributed by atoms with E-state index in [-0.39, 0.29) is 5.92 Å². The van der Waals surface area contributed by atoms with Crippen LogP contribution in [0.4, 0.5) is 0 Å². The van der Waals surface area contributed by atoms with Gasteiger partial charge in [0, 0.05) is 12.0 Å². The highest BCUT2D eigenvalue weighted by Gasteiger charge is 2.23. The molecule has 0 unspecified atom stereocenters. The van der Waals surface area contributed by atoms with Gasteiger partial charge in [-0.1, -0.05) is 25.0 Å². The van der Waals surface area contributed by atoms with Crippen LogP contribution in [0.5, 0.6) is 0 Å². The highest BCUT2D eigenvalue weighted by atomic mass is 16.1. The first-order chi connectivity index (χ1) is 6.86.